The van der Waals surface area contributed by atoms with Gasteiger partial charge in [0.1, 0.15) is 5.75 Å². The van der Waals surface area contributed by atoms with Crippen LogP contribution in [0.25, 0.3) is 21.9 Å². The van der Waals surface area contributed by atoms with E-state index in [4.69, 9.17) is 4.74 Å². The van der Waals surface area contributed by atoms with Crippen LogP contribution < -0.4 is 4.74 Å². The smallest absolute Gasteiger partial charge is 0.335 e. The van der Waals surface area contributed by atoms with E-state index >= 15 is 0 Å². The minimum Gasteiger partial charge on any atom is -0.497 e. The summed E-state index contributed by atoms with van der Waals surface area (Å²) < 4.78 is 5.19. The third-order valence-electron chi connectivity index (χ3n) is 3.47. The Bertz CT molecular complexity index is 822. The highest BCUT2D eigenvalue weighted by Gasteiger charge is 2.09. The molecule has 0 spiro atoms. The van der Waals surface area contributed by atoms with Crippen molar-refractivity contribution in [2.45, 2.75) is 0 Å². The summed E-state index contributed by atoms with van der Waals surface area (Å²) in [6.07, 6.45) is 0. The van der Waals surface area contributed by atoms with Crippen LogP contribution in [0.3, 0.4) is 0 Å². The van der Waals surface area contributed by atoms with E-state index in [1.807, 2.05) is 42.5 Å². The lowest BCUT2D eigenvalue weighted by Gasteiger charge is -2.08. The van der Waals surface area contributed by atoms with Crippen LogP contribution in [0.5, 0.6) is 5.75 Å². The lowest BCUT2D eigenvalue weighted by atomic mass is 9.99. The van der Waals surface area contributed by atoms with Gasteiger partial charge < -0.3 is 9.84 Å². The molecule has 104 valence electrons. The number of carboxylic acids is 1. The summed E-state index contributed by atoms with van der Waals surface area (Å²) in [6, 6.07) is 19.2. The Balaban J connectivity index is 2.16. The van der Waals surface area contributed by atoms with Crippen molar-refractivity contribution in [3.63, 3.8) is 0 Å². The van der Waals surface area contributed by atoms with Crippen LogP contribution in [0.1, 0.15) is 10.4 Å². The molecule has 3 heteroatoms. The molecule has 0 radical (unpaired) electrons. The predicted molar refractivity (Wildman–Crippen MR) is 82.9 cm³/mol. The van der Waals surface area contributed by atoms with E-state index in [0.29, 0.717) is 5.75 Å². The molecule has 3 rings (SSSR count). The molecule has 0 bridgehead atoms. The average Bonchev–Trinajstić information content (AvgIpc) is 2.53. The fraction of sp³-hybridized carbons (Fsp3) is 0.0556. The summed E-state index contributed by atoms with van der Waals surface area (Å²) in [7, 11) is 1.53. The van der Waals surface area contributed by atoms with E-state index in [1.165, 1.54) is 13.2 Å². The number of hydrogen-bond donors (Lipinski definition) is 1. The number of methoxy groups -OCH3 is 1. The topological polar surface area (TPSA) is 46.5 Å². The van der Waals surface area contributed by atoms with Gasteiger partial charge in [0.25, 0.3) is 0 Å². The molecule has 3 nitrogen and oxygen atoms in total. The molecule has 0 aromatic heterocycles. The summed E-state index contributed by atoms with van der Waals surface area (Å²) >= 11 is 0. The number of carbonyl (C=O) groups is 1. The first-order chi connectivity index (χ1) is 10.2. The molecule has 0 saturated carbocycles. The summed E-state index contributed by atoms with van der Waals surface area (Å²) in [5.41, 5.74) is 2.02. The molecule has 3 aromatic rings. The second-order valence-corrected chi connectivity index (χ2v) is 4.82. The van der Waals surface area contributed by atoms with Crippen molar-refractivity contribution in [3.8, 4) is 16.9 Å². The van der Waals surface area contributed by atoms with Crippen molar-refractivity contribution >= 4 is 16.7 Å². The molecule has 0 amide bonds. The fourth-order valence-electron chi connectivity index (χ4n) is 2.38. The van der Waals surface area contributed by atoms with E-state index in [1.54, 1.807) is 6.07 Å². The van der Waals surface area contributed by atoms with Crippen LogP contribution in [0.15, 0.2) is 60.7 Å². The van der Waals surface area contributed by atoms with Gasteiger partial charge in [0, 0.05) is 0 Å². The summed E-state index contributed by atoms with van der Waals surface area (Å²) in [4.78, 5) is 11.2. The Kier molecular flexibility index (Phi) is 3.32. The van der Waals surface area contributed by atoms with Crippen LogP contribution in [0, 0.1) is 0 Å². The second-order valence-electron chi connectivity index (χ2n) is 4.82. The SMILES string of the molecule is COc1cc(C(=O)O)cc(-c2ccc3ccccc3c2)c1. The van der Waals surface area contributed by atoms with Crippen molar-refractivity contribution in [3.05, 3.63) is 66.2 Å². The van der Waals surface area contributed by atoms with Gasteiger partial charge in [-0.25, -0.2) is 4.79 Å². The maximum Gasteiger partial charge on any atom is 0.335 e. The van der Waals surface area contributed by atoms with Gasteiger partial charge in [-0.2, -0.15) is 0 Å². The van der Waals surface area contributed by atoms with Gasteiger partial charge in [-0.1, -0.05) is 36.4 Å². The van der Waals surface area contributed by atoms with Crippen molar-refractivity contribution in [1.29, 1.82) is 0 Å². The first kappa shape index (κ1) is 13.2. The van der Waals surface area contributed by atoms with Gasteiger partial charge in [-0.15, -0.1) is 0 Å². The Hall–Kier alpha value is -2.81. The Morgan fingerprint density at radius 2 is 1.67 bits per heavy atom. The molecule has 1 N–H and O–H groups in total. The van der Waals surface area contributed by atoms with E-state index in [0.717, 1.165) is 21.9 Å². The maximum absolute atomic E-state index is 11.2. The number of rotatable bonds is 3. The lowest BCUT2D eigenvalue weighted by Crippen LogP contribution is -1.97. The highest BCUT2D eigenvalue weighted by atomic mass is 16.5. The van der Waals surface area contributed by atoms with Crippen LogP contribution in [-0.4, -0.2) is 18.2 Å². The number of fused-ring (bicyclic) bond motifs is 1. The first-order valence-electron chi connectivity index (χ1n) is 6.59. The molecule has 21 heavy (non-hydrogen) atoms. The molecular formula is C18H14O3. The quantitative estimate of drug-likeness (QED) is 0.780. The summed E-state index contributed by atoms with van der Waals surface area (Å²) in [5.74, 6) is -0.422. The Labute approximate surface area is 122 Å². The number of carboxylic acid groups (broad SMARTS) is 1. The summed E-state index contributed by atoms with van der Waals surface area (Å²) in [5, 5.41) is 11.5. The zero-order valence-corrected chi connectivity index (χ0v) is 11.5. The average molecular weight is 278 g/mol. The van der Waals surface area contributed by atoms with Crippen LogP contribution >= 0.6 is 0 Å². The largest absolute Gasteiger partial charge is 0.497 e. The van der Waals surface area contributed by atoms with Crippen molar-refractivity contribution in [2.75, 3.05) is 7.11 Å². The van der Waals surface area contributed by atoms with E-state index < -0.39 is 5.97 Å². The minimum atomic E-state index is -0.962. The highest BCUT2D eigenvalue weighted by Crippen LogP contribution is 2.28. The van der Waals surface area contributed by atoms with Gasteiger partial charge in [-0.3, -0.25) is 0 Å². The van der Waals surface area contributed by atoms with Crippen LogP contribution in [-0.2, 0) is 0 Å². The normalized spacial score (nSPS) is 10.5. The molecule has 0 aliphatic heterocycles. The third-order valence-corrected chi connectivity index (χ3v) is 3.47. The van der Waals surface area contributed by atoms with Gasteiger partial charge in [-0.05, 0) is 46.2 Å². The zero-order chi connectivity index (χ0) is 14.8. The molecule has 0 aliphatic carbocycles. The van der Waals surface area contributed by atoms with Gasteiger partial charge >= 0.3 is 5.97 Å². The molecule has 0 aliphatic rings. The first-order valence-corrected chi connectivity index (χ1v) is 6.59. The van der Waals surface area contributed by atoms with Gasteiger partial charge in [0.05, 0.1) is 12.7 Å². The molecule has 0 fully saturated rings. The highest BCUT2D eigenvalue weighted by molar-refractivity contribution is 5.92. The third kappa shape index (κ3) is 2.58. The summed E-state index contributed by atoms with van der Waals surface area (Å²) in [6.45, 7) is 0. The van der Waals surface area contributed by atoms with Gasteiger partial charge in [0.15, 0.2) is 0 Å². The number of ether oxygens (including phenoxy) is 1. The molecular weight excluding hydrogens is 264 g/mol. The van der Waals surface area contributed by atoms with Crippen molar-refractivity contribution in [1.82, 2.24) is 0 Å². The number of benzene rings is 3. The molecule has 0 atom stereocenters. The predicted octanol–water partition coefficient (Wildman–Crippen LogP) is 4.21. The van der Waals surface area contributed by atoms with E-state index in [9.17, 15) is 9.90 Å². The van der Waals surface area contributed by atoms with Crippen molar-refractivity contribution < 1.29 is 14.6 Å². The minimum absolute atomic E-state index is 0.220. The Morgan fingerprint density at radius 3 is 2.38 bits per heavy atom. The second kappa shape index (κ2) is 5.29. The molecule has 3 aromatic carbocycles. The van der Waals surface area contributed by atoms with E-state index in [-0.39, 0.29) is 5.56 Å². The monoisotopic (exact) mass is 278 g/mol. The Morgan fingerprint density at radius 1 is 0.905 bits per heavy atom. The van der Waals surface area contributed by atoms with Crippen LogP contribution in [0.2, 0.25) is 0 Å². The number of aromatic carboxylic acids is 1. The molecule has 0 saturated heterocycles. The fourth-order valence-corrected chi connectivity index (χ4v) is 2.38. The molecule has 0 unspecified atom stereocenters. The number of hydrogen-bond acceptors (Lipinski definition) is 2. The maximum atomic E-state index is 11.2. The van der Waals surface area contributed by atoms with E-state index in [2.05, 4.69) is 6.07 Å². The lowest BCUT2D eigenvalue weighted by molar-refractivity contribution is 0.0696. The van der Waals surface area contributed by atoms with Crippen LogP contribution in [0.4, 0.5) is 0 Å². The standard InChI is InChI=1S/C18H14O3/c1-21-17-10-15(9-16(11-17)18(19)20)14-7-6-12-4-2-3-5-13(12)8-14/h2-11H,1H3,(H,19,20). The molecule has 0 heterocycles. The van der Waals surface area contributed by atoms with Gasteiger partial charge in [0.2, 0.25) is 0 Å². The van der Waals surface area contributed by atoms with Crippen molar-refractivity contribution in [2.24, 2.45) is 0 Å². The zero-order valence-electron chi connectivity index (χ0n) is 11.5.